The number of likely N-dealkylation sites (tertiary alicyclic amines) is 1. The average molecular weight is 475 g/mol. The lowest BCUT2D eigenvalue weighted by molar-refractivity contribution is 0.183. The number of piperidine rings is 1. The number of hydrogen-bond donors (Lipinski definition) is 2. The van der Waals surface area contributed by atoms with Crippen LogP contribution < -0.4 is 4.74 Å². The zero-order chi connectivity index (χ0) is 24.4. The van der Waals surface area contributed by atoms with E-state index >= 15 is 0 Å². The SMILES string of the molecule is Cc1c(-c2ccc(O)c(F)c2)n(Cc2ccc(OCCN3CCCCC3)cc2)c2ccc(O)cc12. The summed E-state index contributed by atoms with van der Waals surface area (Å²) < 4.78 is 22.3. The van der Waals surface area contributed by atoms with E-state index in [4.69, 9.17) is 4.74 Å². The molecule has 0 bridgehead atoms. The summed E-state index contributed by atoms with van der Waals surface area (Å²) in [6.45, 7) is 6.50. The summed E-state index contributed by atoms with van der Waals surface area (Å²) in [5, 5.41) is 20.6. The molecule has 4 aromatic rings. The highest BCUT2D eigenvalue weighted by Gasteiger charge is 2.18. The Morgan fingerprint density at radius 1 is 0.914 bits per heavy atom. The average Bonchev–Trinajstić information content (AvgIpc) is 3.13. The molecule has 0 unspecified atom stereocenters. The molecule has 1 aliphatic rings. The molecule has 35 heavy (non-hydrogen) atoms. The largest absolute Gasteiger partial charge is 0.508 e. The van der Waals surface area contributed by atoms with Gasteiger partial charge in [0.2, 0.25) is 0 Å². The number of rotatable bonds is 7. The number of nitrogens with zero attached hydrogens (tertiary/aromatic N) is 2. The van der Waals surface area contributed by atoms with Gasteiger partial charge in [-0.15, -0.1) is 0 Å². The normalized spacial score (nSPS) is 14.5. The Balaban J connectivity index is 1.39. The van der Waals surface area contributed by atoms with Crippen LogP contribution in [0.2, 0.25) is 0 Å². The standard InChI is InChI=1S/C29H31FN2O3/c1-20-25-18-23(33)8-11-27(25)32(29(20)22-7-12-28(34)26(30)17-22)19-21-5-9-24(10-6-21)35-16-15-31-13-3-2-4-14-31/h5-12,17-18,33-34H,2-4,13-16,19H2,1H3. The predicted molar refractivity (Wildman–Crippen MR) is 137 cm³/mol. The number of fused-ring (bicyclic) bond motifs is 1. The quantitative estimate of drug-likeness (QED) is 0.341. The molecule has 0 atom stereocenters. The molecule has 0 aliphatic carbocycles. The minimum absolute atomic E-state index is 0.187. The summed E-state index contributed by atoms with van der Waals surface area (Å²) in [6, 6.07) is 17.8. The van der Waals surface area contributed by atoms with E-state index in [0.717, 1.165) is 53.1 Å². The fourth-order valence-corrected chi connectivity index (χ4v) is 5.05. The number of hydrogen-bond acceptors (Lipinski definition) is 4. The third kappa shape index (κ3) is 4.98. The van der Waals surface area contributed by atoms with Crippen molar-refractivity contribution in [2.24, 2.45) is 0 Å². The van der Waals surface area contributed by atoms with E-state index in [9.17, 15) is 14.6 Å². The third-order valence-corrected chi connectivity index (χ3v) is 6.91. The van der Waals surface area contributed by atoms with Gasteiger partial charge in [0.1, 0.15) is 18.1 Å². The van der Waals surface area contributed by atoms with Crippen LogP contribution in [0.25, 0.3) is 22.2 Å². The number of aromatic nitrogens is 1. The smallest absolute Gasteiger partial charge is 0.165 e. The van der Waals surface area contributed by atoms with Crippen LogP contribution in [0.4, 0.5) is 4.39 Å². The maximum Gasteiger partial charge on any atom is 0.165 e. The number of phenolic OH excluding ortho intramolecular Hbond substituents is 2. The van der Waals surface area contributed by atoms with Crippen LogP contribution >= 0.6 is 0 Å². The lowest BCUT2D eigenvalue weighted by atomic mass is 10.1. The van der Waals surface area contributed by atoms with Gasteiger partial charge in [-0.2, -0.15) is 0 Å². The molecule has 0 amide bonds. The van der Waals surface area contributed by atoms with Gasteiger partial charge in [-0.3, -0.25) is 4.90 Å². The Hall–Kier alpha value is -3.51. The molecule has 0 radical (unpaired) electrons. The Morgan fingerprint density at radius 3 is 2.43 bits per heavy atom. The zero-order valence-corrected chi connectivity index (χ0v) is 20.0. The molecule has 1 aromatic heterocycles. The van der Waals surface area contributed by atoms with Crippen molar-refractivity contribution >= 4 is 10.9 Å². The molecule has 2 heterocycles. The molecule has 5 nitrogen and oxygen atoms in total. The van der Waals surface area contributed by atoms with E-state index in [-0.39, 0.29) is 11.5 Å². The van der Waals surface area contributed by atoms with Crippen LogP contribution in [-0.4, -0.2) is 45.9 Å². The second kappa shape index (κ2) is 10.0. The fraction of sp³-hybridized carbons (Fsp3) is 0.310. The first-order chi connectivity index (χ1) is 17.0. The number of aryl methyl sites for hydroxylation is 1. The molecule has 2 N–H and O–H groups in total. The summed E-state index contributed by atoms with van der Waals surface area (Å²) in [6.07, 6.45) is 3.89. The fourth-order valence-electron chi connectivity index (χ4n) is 5.05. The second-order valence-corrected chi connectivity index (χ2v) is 9.32. The zero-order valence-electron chi connectivity index (χ0n) is 20.0. The van der Waals surface area contributed by atoms with Crippen molar-refractivity contribution in [3.63, 3.8) is 0 Å². The minimum atomic E-state index is -0.660. The van der Waals surface area contributed by atoms with Crippen molar-refractivity contribution in [1.29, 1.82) is 0 Å². The van der Waals surface area contributed by atoms with Gasteiger partial charge in [-0.25, -0.2) is 4.39 Å². The van der Waals surface area contributed by atoms with Gasteiger partial charge < -0.3 is 19.5 Å². The van der Waals surface area contributed by atoms with Crippen LogP contribution in [0, 0.1) is 12.7 Å². The highest BCUT2D eigenvalue weighted by Crippen LogP contribution is 2.37. The minimum Gasteiger partial charge on any atom is -0.508 e. The first-order valence-electron chi connectivity index (χ1n) is 12.2. The number of aromatic hydroxyl groups is 2. The molecule has 182 valence electrons. The predicted octanol–water partition coefficient (Wildman–Crippen LogP) is 6.08. The van der Waals surface area contributed by atoms with Gasteiger partial charge in [0.15, 0.2) is 11.6 Å². The summed E-state index contributed by atoms with van der Waals surface area (Å²) in [4.78, 5) is 2.46. The Bertz CT molecular complexity index is 1320. The highest BCUT2D eigenvalue weighted by atomic mass is 19.1. The molecule has 5 rings (SSSR count). The van der Waals surface area contributed by atoms with Crippen molar-refractivity contribution in [1.82, 2.24) is 9.47 Å². The molecule has 0 saturated carbocycles. The first-order valence-corrected chi connectivity index (χ1v) is 12.2. The molecule has 3 aromatic carbocycles. The van der Waals surface area contributed by atoms with Crippen LogP contribution in [-0.2, 0) is 6.54 Å². The van der Waals surface area contributed by atoms with Crippen molar-refractivity contribution in [2.45, 2.75) is 32.7 Å². The van der Waals surface area contributed by atoms with Crippen LogP contribution in [0.5, 0.6) is 17.2 Å². The maximum absolute atomic E-state index is 14.2. The summed E-state index contributed by atoms with van der Waals surface area (Å²) >= 11 is 0. The van der Waals surface area contributed by atoms with Crippen LogP contribution in [0.3, 0.4) is 0 Å². The van der Waals surface area contributed by atoms with Crippen LogP contribution in [0.1, 0.15) is 30.4 Å². The summed E-state index contributed by atoms with van der Waals surface area (Å²) in [7, 11) is 0. The number of ether oxygens (including phenoxy) is 1. The maximum atomic E-state index is 14.2. The Kier molecular flexibility index (Phi) is 6.64. The Morgan fingerprint density at radius 2 is 1.69 bits per heavy atom. The topological polar surface area (TPSA) is 57.9 Å². The molecule has 1 fully saturated rings. The number of halogens is 1. The van der Waals surface area contributed by atoms with Crippen molar-refractivity contribution in [3.05, 3.63) is 77.6 Å². The molecule has 0 spiro atoms. The van der Waals surface area contributed by atoms with Gasteiger partial charge in [0, 0.05) is 29.6 Å². The highest BCUT2D eigenvalue weighted by molar-refractivity contribution is 5.92. The van der Waals surface area contributed by atoms with Crippen molar-refractivity contribution in [3.8, 4) is 28.5 Å². The molecular weight excluding hydrogens is 443 g/mol. The lowest BCUT2D eigenvalue weighted by Crippen LogP contribution is -2.33. The van der Waals surface area contributed by atoms with Crippen molar-refractivity contribution in [2.75, 3.05) is 26.2 Å². The first kappa shape index (κ1) is 23.2. The number of benzene rings is 3. The monoisotopic (exact) mass is 474 g/mol. The Labute approximate surface area is 205 Å². The molecule has 1 saturated heterocycles. The van der Waals surface area contributed by atoms with Gasteiger partial charge in [-0.05, 0) is 92.5 Å². The number of phenols is 2. The van der Waals surface area contributed by atoms with Crippen molar-refractivity contribution < 1.29 is 19.3 Å². The summed E-state index contributed by atoms with van der Waals surface area (Å²) in [5.74, 6) is 0.00693. The van der Waals surface area contributed by atoms with Gasteiger partial charge >= 0.3 is 0 Å². The third-order valence-electron chi connectivity index (χ3n) is 6.91. The van der Waals surface area contributed by atoms with E-state index in [0.29, 0.717) is 18.7 Å². The van der Waals surface area contributed by atoms with Gasteiger partial charge in [0.25, 0.3) is 0 Å². The second-order valence-electron chi connectivity index (χ2n) is 9.32. The van der Waals surface area contributed by atoms with E-state index in [1.54, 1.807) is 18.2 Å². The molecule has 1 aliphatic heterocycles. The van der Waals surface area contributed by atoms with Gasteiger partial charge in [0.05, 0.1) is 5.69 Å². The van der Waals surface area contributed by atoms with Crippen LogP contribution in [0.15, 0.2) is 60.7 Å². The van der Waals surface area contributed by atoms with E-state index < -0.39 is 5.82 Å². The van der Waals surface area contributed by atoms with Gasteiger partial charge in [-0.1, -0.05) is 18.6 Å². The van der Waals surface area contributed by atoms with E-state index in [1.807, 2.05) is 25.1 Å². The molecule has 6 heteroatoms. The van der Waals surface area contributed by atoms with E-state index in [1.165, 1.54) is 31.4 Å². The van der Waals surface area contributed by atoms with E-state index in [2.05, 4.69) is 21.6 Å². The summed E-state index contributed by atoms with van der Waals surface area (Å²) in [5.41, 5.74) is 4.50. The lowest BCUT2D eigenvalue weighted by Gasteiger charge is -2.26. The molecular formula is C29H31FN2O3.